The Morgan fingerprint density at radius 1 is 1.28 bits per heavy atom. The third-order valence-corrected chi connectivity index (χ3v) is 4.13. The average molecular weight is 268 g/mol. The molecule has 0 aliphatic rings. The molecule has 0 fully saturated rings. The van der Waals surface area contributed by atoms with E-state index in [0.717, 1.165) is 12.8 Å². The maximum Gasteiger partial charge on any atom is 0.199 e. The summed E-state index contributed by atoms with van der Waals surface area (Å²) in [5, 5.41) is 10.8. The Morgan fingerprint density at radius 3 is 2.56 bits per heavy atom. The van der Waals surface area contributed by atoms with E-state index < -0.39 is 15.9 Å². The molecule has 0 aliphatic carbocycles. The highest BCUT2D eigenvalue weighted by Crippen LogP contribution is 2.12. The van der Waals surface area contributed by atoms with E-state index >= 15 is 0 Å². The average Bonchev–Trinajstić information content (AvgIpc) is 2.37. The summed E-state index contributed by atoms with van der Waals surface area (Å²) in [5.41, 5.74) is 0. The first-order chi connectivity index (χ1) is 8.56. The van der Waals surface area contributed by atoms with Gasteiger partial charge in [0.1, 0.15) is 0 Å². The van der Waals surface area contributed by atoms with Gasteiger partial charge in [-0.1, -0.05) is 44.0 Å². The van der Waals surface area contributed by atoms with Crippen molar-refractivity contribution in [2.24, 2.45) is 0 Å². The zero-order valence-corrected chi connectivity index (χ0v) is 11.4. The largest absolute Gasteiger partial charge is 0.393 e. The summed E-state index contributed by atoms with van der Waals surface area (Å²) in [7, 11) is -3.37. The number of sulfone groups is 1. The van der Waals surface area contributed by atoms with E-state index in [4.69, 9.17) is 0 Å². The molecule has 0 aliphatic heterocycles. The molecule has 0 amide bonds. The lowest BCUT2D eigenvalue weighted by atomic mass is 10.1. The standard InChI is InChI=1S/C14H20O3S/c1-2-3-8-13(15)9-7-12-18(16,17)14-10-5-4-6-11-14/h4-7,10-13,15H,2-3,8-9H2,1H3/b12-7+. The smallest absolute Gasteiger partial charge is 0.199 e. The third kappa shape index (κ3) is 5.02. The highest BCUT2D eigenvalue weighted by Gasteiger charge is 2.09. The maximum absolute atomic E-state index is 11.9. The van der Waals surface area contributed by atoms with Gasteiger partial charge in [-0.25, -0.2) is 8.42 Å². The van der Waals surface area contributed by atoms with Gasteiger partial charge in [-0.3, -0.25) is 0 Å². The Kier molecular flexibility index (Phi) is 6.09. The number of hydrogen-bond acceptors (Lipinski definition) is 3. The van der Waals surface area contributed by atoms with E-state index in [1.54, 1.807) is 30.3 Å². The van der Waals surface area contributed by atoms with Crippen LogP contribution in [0.4, 0.5) is 0 Å². The normalized spacial score (nSPS) is 13.9. The van der Waals surface area contributed by atoms with Crippen LogP contribution in [-0.2, 0) is 9.84 Å². The second-order valence-electron chi connectivity index (χ2n) is 4.26. The summed E-state index contributed by atoms with van der Waals surface area (Å²) in [6.07, 6.45) is 4.16. The Hall–Kier alpha value is -1.13. The molecule has 4 heteroatoms. The second kappa shape index (κ2) is 7.34. The molecular weight excluding hydrogens is 248 g/mol. The van der Waals surface area contributed by atoms with Crippen molar-refractivity contribution in [1.29, 1.82) is 0 Å². The molecule has 0 aromatic heterocycles. The van der Waals surface area contributed by atoms with Crippen LogP contribution in [0.3, 0.4) is 0 Å². The zero-order chi connectivity index (χ0) is 13.4. The molecule has 18 heavy (non-hydrogen) atoms. The Labute approximate surface area is 109 Å². The monoisotopic (exact) mass is 268 g/mol. The van der Waals surface area contributed by atoms with Crippen LogP contribution in [-0.4, -0.2) is 19.6 Å². The van der Waals surface area contributed by atoms with Gasteiger partial charge >= 0.3 is 0 Å². The topological polar surface area (TPSA) is 54.4 Å². The molecule has 0 spiro atoms. The zero-order valence-electron chi connectivity index (χ0n) is 10.6. The van der Waals surface area contributed by atoms with Gasteiger partial charge in [0.25, 0.3) is 0 Å². The van der Waals surface area contributed by atoms with E-state index in [0.29, 0.717) is 12.8 Å². The molecule has 1 atom stereocenters. The number of unbranched alkanes of at least 4 members (excludes halogenated alkanes) is 1. The highest BCUT2D eigenvalue weighted by molar-refractivity contribution is 7.94. The molecule has 1 rings (SSSR count). The van der Waals surface area contributed by atoms with E-state index in [-0.39, 0.29) is 4.90 Å². The summed E-state index contributed by atoms with van der Waals surface area (Å²) < 4.78 is 23.7. The summed E-state index contributed by atoms with van der Waals surface area (Å²) >= 11 is 0. The van der Waals surface area contributed by atoms with Crippen molar-refractivity contribution in [2.45, 2.75) is 43.6 Å². The van der Waals surface area contributed by atoms with Crippen molar-refractivity contribution in [3.8, 4) is 0 Å². The van der Waals surface area contributed by atoms with Crippen molar-refractivity contribution in [2.75, 3.05) is 0 Å². The molecule has 0 bridgehead atoms. The SMILES string of the molecule is CCCCC(O)C/C=C/S(=O)(=O)c1ccccc1. The van der Waals surface area contributed by atoms with Gasteiger partial charge in [-0.15, -0.1) is 0 Å². The predicted molar refractivity (Wildman–Crippen MR) is 72.9 cm³/mol. The Morgan fingerprint density at radius 2 is 1.94 bits per heavy atom. The van der Waals surface area contributed by atoms with Gasteiger partial charge in [0.15, 0.2) is 9.84 Å². The minimum absolute atomic E-state index is 0.282. The Bertz CT molecular complexity index is 463. The van der Waals surface area contributed by atoms with Crippen molar-refractivity contribution in [3.05, 3.63) is 41.8 Å². The fraction of sp³-hybridized carbons (Fsp3) is 0.429. The fourth-order valence-corrected chi connectivity index (χ4v) is 2.64. The van der Waals surface area contributed by atoms with Crippen molar-refractivity contribution >= 4 is 9.84 Å². The highest BCUT2D eigenvalue weighted by atomic mass is 32.2. The van der Waals surface area contributed by atoms with Crippen LogP contribution >= 0.6 is 0 Å². The first kappa shape index (κ1) is 14.9. The summed E-state index contributed by atoms with van der Waals surface area (Å²) in [4.78, 5) is 0.282. The van der Waals surface area contributed by atoms with Crippen LogP contribution in [0.1, 0.15) is 32.6 Å². The lowest BCUT2D eigenvalue weighted by Gasteiger charge is -2.05. The lowest BCUT2D eigenvalue weighted by molar-refractivity contribution is 0.164. The van der Waals surface area contributed by atoms with Crippen molar-refractivity contribution in [3.63, 3.8) is 0 Å². The van der Waals surface area contributed by atoms with Crippen LogP contribution in [0.5, 0.6) is 0 Å². The number of benzene rings is 1. The molecule has 1 unspecified atom stereocenters. The summed E-state index contributed by atoms with van der Waals surface area (Å²) in [5.74, 6) is 0. The minimum atomic E-state index is -3.37. The minimum Gasteiger partial charge on any atom is -0.393 e. The molecule has 1 N–H and O–H groups in total. The van der Waals surface area contributed by atoms with Gasteiger partial charge < -0.3 is 5.11 Å². The molecule has 0 saturated heterocycles. The van der Waals surface area contributed by atoms with Gasteiger partial charge in [-0.05, 0) is 25.0 Å². The number of hydrogen-bond donors (Lipinski definition) is 1. The molecule has 100 valence electrons. The van der Waals surface area contributed by atoms with Crippen LogP contribution < -0.4 is 0 Å². The van der Waals surface area contributed by atoms with E-state index in [9.17, 15) is 13.5 Å². The quantitative estimate of drug-likeness (QED) is 0.827. The second-order valence-corrected chi connectivity index (χ2v) is 6.10. The molecule has 0 saturated carbocycles. The van der Waals surface area contributed by atoms with Crippen LogP contribution in [0.25, 0.3) is 0 Å². The fourth-order valence-electron chi connectivity index (χ4n) is 1.59. The van der Waals surface area contributed by atoms with Crippen molar-refractivity contribution < 1.29 is 13.5 Å². The van der Waals surface area contributed by atoms with Gasteiger partial charge in [-0.2, -0.15) is 0 Å². The molecule has 1 aromatic rings. The molecular formula is C14H20O3S. The van der Waals surface area contributed by atoms with Gasteiger partial charge in [0.2, 0.25) is 0 Å². The van der Waals surface area contributed by atoms with Crippen molar-refractivity contribution in [1.82, 2.24) is 0 Å². The first-order valence-electron chi connectivity index (χ1n) is 6.21. The molecule has 3 nitrogen and oxygen atoms in total. The molecule has 0 radical (unpaired) electrons. The van der Waals surface area contributed by atoms with Crippen LogP contribution in [0.2, 0.25) is 0 Å². The van der Waals surface area contributed by atoms with Gasteiger partial charge in [0.05, 0.1) is 11.0 Å². The van der Waals surface area contributed by atoms with E-state index in [2.05, 4.69) is 6.92 Å². The lowest BCUT2D eigenvalue weighted by Crippen LogP contribution is -2.04. The van der Waals surface area contributed by atoms with E-state index in [1.165, 1.54) is 11.5 Å². The number of rotatable bonds is 7. The first-order valence-corrected chi connectivity index (χ1v) is 7.75. The Balaban J connectivity index is 2.56. The van der Waals surface area contributed by atoms with Gasteiger partial charge in [0, 0.05) is 5.41 Å². The van der Waals surface area contributed by atoms with E-state index in [1.807, 2.05) is 0 Å². The third-order valence-electron chi connectivity index (χ3n) is 2.65. The molecule has 1 aromatic carbocycles. The summed E-state index contributed by atoms with van der Waals surface area (Å²) in [6.45, 7) is 2.06. The van der Waals surface area contributed by atoms with Crippen LogP contribution in [0.15, 0.2) is 46.7 Å². The maximum atomic E-state index is 11.9. The molecule has 0 heterocycles. The van der Waals surface area contributed by atoms with Crippen LogP contribution in [0, 0.1) is 0 Å². The summed E-state index contributed by atoms with van der Waals surface area (Å²) in [6, 6.07) is 8.28. The number of aliphatic hydroxyl groups excluding tert-OH is 1. The predicted octanol–water partition coefficient (Wildman–Crippen LogP) is 2.92. The number of aliphatic hydroxyl groups is 1.